The zero-order valence-corrected chi connectivity index (χ0v) is 14.1. The van der Waals surface area contributed by atoms with E-state index in [1.807, 2.05) is 37.3 Å². The topological polar surface area (TPSA) is 54.0 Å². The molecule has 0 spiro atoms. The fourth-order valence-corrected chi connectivity index (χ4v) is 2.15. The SMILES string of the molecule is Cc1ccc(CNC(=O)c2cc(NCCC(C)C)ccn2)cc1. The second-order valence-corrected chi connectivity index (χ2v) is 6.21. The highest BCUT2D eigenvalue weighted by atomic mass is 16.1. The Hall–Kier alpha value is -2.36. The van der Waals surface area contributed by atoms with Gasteiger partial charge in [-0.3, -0.25) is 9.78 Å². The second kappa shape index (κ2) is 8.32. The average molecular weight is 311 g/mol. The van der Waals surface area contributed by atoms with Crippen molar-refractivity contribution in [3.05, 3.63) is 59.4 Å². The summed E-state index contributed by atoms with van der Waals surface area (Å²) in [6, 6.07) is 11.8. The van der Waals surface area contributed by atoms with Gasteiger partial charge in [0.25, 0.3) is 5.91 Å². The van der Waals surface area contributed by atoms with Gasteiger partial charge in [0.1, 0.15) is 5.69 Å². The van der Waals surface area contributed by atoms with E-state index in [9.17, 15) is 4.79 Å². The number of nitrogens with one attached hydrogen (secondary N) is 2. The predicted molar refractivity (Wildman–Crippen MR) is 94.5 cm³/mol. The standard InChI is InChI=1S/C19H25N3O/c1-14(2)8-10-20-17-9-11-21-18(12-17)19(23)22-13-16-6-4-15(3)5-7-16/h4-7,9,11-12,14H,8,10,13H2,1-3H3,(H,20,21)(H,22,23). The fraction of sp³-hybridized carbons (Fsp3) is 0.368. The number of nitrogens with zero attached hydrogens (tertiary/aromatic N) is 1. The molecule has 122 valence electrons. The molecule has 0 bridgehead atoms. The van der Waals surface area contributed by atoms with Gasteiger partial charge in [-0.25, -0.2) is 0 Å². The van der Waals surface area contributed by atoms with Gasteiger partial charge in [0.2, 0.25) is 0 Å². The van der Waals surface area contributed by atoms with Gasteiger partial charge >= 0.3 is 0 Å². The van der Waals surface area contributed by atoms with Crippen LogP contribution in [0.4, 0.5) is 5.69 Å². The number of benzene rings is 1. The van der Waals surface area contributed by atoms with E-state index in [0.29, 0.717) is 18.2 Å². The molecule has 1 heterocycles. The first-order valence-electron chi connectivity index (χ1n) is 8.08. The number of carbonyl (C=O) groups excluding carboxylic acids is 1. The van der Waals surface area contributed by atoms with Crippen molar-refractivity contribution in [2.24, 2.45) is 5.92 Å². The number of carbonyl (C=O) groups is 1. The first-order valence-corrected chi connectivity index (χ1v) is 8.08. The lowest BCUT2D eigenvalue weighted by molar-refractivity contribution is 0.0946. The van der Waals surface area contributed by atoms with E-state index in [1.54, 1.807) is 12.3 Å². The number of amides is 1. The molecule has 4 heteroatoms. The monoisotopic (exact) mass is 311 g/mol. The Bertz CT molecular complexity index is 635. The van der Waals surface area contributed by atoms with Crippen LogP contribution in [-0.4, -0.2) is 17.4 Å². The number of rotatable bonds is 7. The Morgan fingerprint density at radius 3 is 2.61 bits per heavy atom. The Morgan fingerprint density at radius 2 is 1.91 bits per heavy atom. The number of pyridine rings is 1. The van der Waals surface area contributed by atoms with Gasteiger partial charge in [-0.05, 0) is 37.0 Å². The van der Waals surface area contributed by atoms with Gasteiger partial charge in [0, 0.05) is 25.0 Å². The molecule has 1 aromatic carbocycles. The van der Waals surface area contributed by atoms with E-state index in [-0.39, 0.29) is 5.91 Å². The summed E-state index contributed by atoms with van der Waals surface area (Å²) >= 11 is 0. The third-order valence-corrected chi connectivity index (χ3v) is 3.62. The summed E-state index contributed by atoms with van der Waals surface area (Å²) in [5.41, 5.74) is 3.66. The summed E-state index contributed by atoms with van der Waals surface area (Å²) in [6.07, 6.45) is 2.76. The largest absolute Gasteiger partial charge is 0.385 e. The molecule has 0 aliphatic carbocycles. The highest BCUT2D eigenvalue weighted by molar-refractivity contribution is 5.93. The molecular formula is C19H25N3O. The van der Waals surface area contributed by atoms with Crippen LogP contribution in [0.25, 0.3) is 0 Å². The van der Waals surface area contributed by atoms with Gasteiger partial charge in [-0.2, -0.15) is 0 Å². The third kappa shape index (κ3) is 5.74. The van der Waals surface area contributed by atoms with Crippen LogP contribution in [0, 0.1) is 12.8 Å². The highest BCUT2D eigenvalue weighted by Crippen LogP contribution is 2.10. The first kappa shape index (κ1) is 17.0. The van der Waals surface area contributed by atoms with Crippen LogP contribution in [0.2, 0.25) is 0 Å². The molecule has 4 nitrogen and oxygen atoms in total. The summed E-state index contributed by atoms with van der Waals surface area (Å²) < 4.78 is 0. The molecule has 1 aromatic heterocycles. The predicted octanol–water partition coefficient (Wildman–Crippen LogP) is 3.78. The molecule has 0 fully saturated rings. The summed E-state index contributed by atoms with van der Waals surface area (Å²) in [4.78, 5) is 16.4. The van der Waals surface area contributed by atoms with E-state index in [1.165, 1.54) is 5.56 Å². The minimum atomic E-state index is -0.155. The van der Waals surface area contributed by atoms with Gasteiger partial charge in [-0.1, -0.05) is 43.7 Å². The zero-order chi connectivity index (χ0) is 16.7. The number of hydrogen-bond donors (Lipinski definition) is 2. The average Bonchev–Trinajstić information content (AvgIpc) is 2.54. The van der Waals surface area contributed by atoms with Crippen LogP contribution < -0.4 is 10.6 Å². The lowest BCUT2D eigenvalue weighted by Gasteiger charge is -2.10. The van der Waals surface area contributed by atoms with Crippen molar-refractivity contribution in [1.82, 2.24) is 10.3 Å². The molecule has 2 rings (SSSR count). The van der Waals surface area contributed by atoms with Gasteiger partial charge < -0.3 is 10.6 Å². The van der Waals surface area contributed by atoms with Crippen LogP contribution in [-0.2, 0) is 6.54 Å². The van der Waals surface area contributed by atoms with Gasteiger partial charge in [-0.15, -0.1) is 0 Å². The molecule has 2 N–H and O–H groups in total. The maximum Gasteiger partial charge on any atom is 0.270 e. The molecule has 0 radical (unpaired) electrons. The molecule has 0 aliphatic heterocycles. The number of anilines is 1. The summed E-state index contributed by atoms with van der Waals surface area (Å²) in [7, 11) is 0. The maximum atomic E-state index is 12.2. The Kier molecular flexibility index (Phi) is 6.15. The Balaban J connectivity index is 1.90. The minimum absolute atomic E-state index is 0.155. The molecular weight excluding hydrogens is 286 g/mol. The highest BCUT2D eigenvalue weighted by Gasteiger charge is 2.07. The lowest BCUT2D eigenvalue weighted by atomic mass is 10.1. The summed E-state index contributed by atoms with van der Waals surface area (Å²) in [5.74, 6) is 0.500. The van der Waals surface area contributed by atoms with Crippen LogP contribution >= 0.6 is 0 Å². The number of aryl methyl sites for hydroxylation is 1. The van der Waals surface area contributed by atoms with Crippen LogP contribution in [0.15, 0.2) is 42.6 Å². The maximum absolute atomic E-state index is 12.2. The van der Waals surface area contributed by atoms with E-state index >= 15 is 0 Å². The van der Waals surface area contributed by atoms with Crippen molar-refractivity contribution in [2.75, 3.05) is 11.9 Å². The van der Waals surface area contributed by atoms with E-state index in [2.05, 4.69) is 29.5 Å². The molecule has 0 unspecified atom stereocenters. The molecule has 0 saturated carbocycles. The molecule has 23 heavy (non-hydrogen) atoms. The van der Waals surface area contributed by atoms with Crippen LogP contribution in [0.3, 0.4) is 0 Å². The van der Waals surface area contributed by atoms with Crippen LogP contribution in [0.5, 0.6) is 0 Å². The molecule has 0 saturated heterocycles. The van der Waals surface area contributed by atoms with Gasteiger partial charge in [0.05, 0.1) is 0 Å². The molecule has 0 atom stereocenters. The Labute approximate surface area is 138 Å². The van der Waals surface area contributed by atoms with Crippen molar-refractivity contribution in [2.45, 2.75) is 33.7 Å². The van der Waals surface area contributed by atoms with Crippen LogP contribution in [0.1, 0.15) is 41.9 Å². The first-order chi connectivity index (χ1) is 11.0. The smallest absolute Gasteiger partial charge is 0.270 e. The normalized spacial score (nSPS) is 10.6. The fourth-order valence-electron chi connectivity index (χ4n) is 2.15. The number of hydrogen-bond acceptors (Lipinski definition) is 3. The van der Waals surface area contributed by atoms with Crippen molar-refractivity contribution in [3.8, 4) is 0 Å². The summed E-state index contributed by atoms with van der Waals surface area (Å²) in [5, 5.41) is 6.24. The molecule has 0 aliphatic rings. The van der Waals surface area contributed by atoms with E-state index < -0.39 is 0 Å². The quantitative estimate of drug-likeness (QED) is 0.818. The minimum Gasteiger partial charge on any atom is -0.385 e. The zero-order valence-electron chi connectivity index (χ0n) is 14.1. The number of aromatic nitrogens is 1. The van der Waals surface area contributed by atoms with Crippen molar-refractivity contribution >= 4 is 11.6 Å². The second-order valence-electron chi connectivity index (χ2n) is 6.21. The summed E-state index contributed by atoms with van der Waals surface area (Å²) in [6.45, 7) is 7.83. The molecule has 1 amide bonds. The van der Waals surface area contributed by atoms with E-state index in [4.69, 9.17) is 0 Å². The van der Waals surface area contributed by atoms with Crippen molar-refractivity contribution in [3.63, 3.8) is 0 Å². The van der Waals surface area contributed by atoms with Gasteiger partial charge in [0.15, 0.2) is 0 Å². The molecule has 2 aromatic rings. The van der Waals surface area contributed by atoms with Crippen molar-refractivity contribution in [1.29, 1.82) is 0 Å². The lowest BCUT2D eigenvalue weighted by Crippen LogP contribution is -2.23. The Morgan fingerprint density at radius 1 is 1.17 bits per heavy atom. The third-order valence-electron chi connectivity index (χ3n) is 3.62. The van der Waals surface area contributed by atoms with E-state index in [0.717, 1.165) is 24.2 Å². The van der Waals surface area contributed by atoms with Crippen molar-refractivity contribution < 1.29 is 4.79 Å².